The predicted molar refractivity (Wildman–Crippen MR) is 77.3 cm³/mol. The highest BCUT2D eigenvalue weighted by atomic mass is 19.1. The van der Waals surface area contributed by atoms with Crippen molar-refractivity contribution in [3.05, 3.63) is 35.3 Å². The molecular weight excluding hydrogens is 257 g/mol. The van der Waals surface area contributed by atoms with Crippen molar-refractivity contribution in [2.45, 2.75) is 13.0 Å². The van der Waals surface area contributed by atoms with Crippen LogP contribution in [0.4, 0.5) is 4.39 Å². The van der Waals surface area contributed by atoms with Crippen LogP contribution in [0.5, 0.6) is 0 Å². The minimum atomic E-state index is -0.594. The van der Waals surface area contributed by atoms with Crippen LogP contribution in [-0.4, -0.2) is 47.7 Å². The number of aliphatic hydroxyl groups excluding tert-OH is 1. The number of hydrogen-bond donors (Lipinski definition) is 3. The summed E-state index contributed by atoms with van der Waals surface area (Å²) in [6.45, 7) is 6.25. The van der Waals surface area contributed by atoms with Gasteiger partial charge in [0.25, 0.3) is 0 Å². The molecule has 0 bridgehead atoms. The predicted octanol–water partition coefficient (Wildman–Crippen LogP) is 1.55. The number of halogens is 1. The molecule has 0 amide bonds. The summed E-state index contributed by atoms with van der Waals surface area (Å²) >= 11 is 0. The van der Waals surface area contributed by atoms with Crippen molar-refractivity contribution in [2.24, 2.45) is 0 Å². The first-order valence-electron chi connectivity index (χ1n) is 7.04. The fourth-order valence-corrected chi connectivity index (χ4v) is 2.99. The highest BCUT2D eigenvalue weighted by molar-refractivity contribution is 5.85. The summed E-state index contributed by atoms with van der Waals surface area (Å²) in [7, 11) is 0. The van der Waals surface area contributed by atoms with Crippen molar-refractivity contribution in [2.75, 3.05) is 32.7 Å². The summed E-state index contributed by atoms with van der Waals surface area (Å²) in [6, 6.07) is 4.98. The number of aromatic amines is 1. The fraction of sp³-hybridized carbons (Fsp3) is 0.467. The monoisotopic (exact) mass is 277 g/mol. The Morgan fingerprint density at radius 1 is 1.35 bits per heavy atom. The maximum atomic E-state index is 13.8. The van der Waals surface area contributed by atoms with Crippen LogP contribution in [0.15, 0.2) is 18.2 Å². The number of rotatable bonds is 3. The Morgan fingerprint density at radius 3 is 2.85 bits per heavy atom. The zero-order chi connectivity index (χ0) is 14.1. The number of nitrogens with one attached hydrogen (secondary N) is 2. The van der Waals surface area contributed by atoms with E-state index in [1.807, 2.05) is 13.0 Å². The zero-order valence-electron chi connectivity index (χ0n) is 11.6. The molecule has 108 valence electrons. The third-order valence-corrected chi connectivity index (χ3v) is 3.99. The van der Waals surface area contributed by atoms with Crippen molar-refractivity contribution >= 4 is 10.9 Å². The second kappa shape index (κ2) is 5.52. The van der Waals surface area contributed by atoms with Crippen LogP contribution in [0.25, 0.3) is 10.9 Å². The van der Waals surface area contributed by atoms with Gasteiger partial charge in [-0.3, -0.25) is 4.90 Å². The van der Waals surface area contributed by atoms with Gasteiger partial charge in [0.2, 0.25) is 0 Å². The SMILES string of the molecule is Cc1[nH]c2c(F)cccc2c1C(O)CN1CCNCC1. The zero-order valence-corrected chi connectivity index (χ0v) is 11.6. The van der Waals surface area contributed by atoms with Gasteiger partial charge in [0, 0.05) is 49.4 Å². The smallest absolute Gasteiger partial charge is 0.147 e. The number of aryl methyl sites for hydroxylation is 1. The van der Waals surface area contributed by atoms with Crippen LogP contribution >= 0.6 is 0 Å². The highest BCUT2D eigenvalue weighted by Crippen LogP contribution is 2.29. The van der Waals surface area contributed by atoms with E-state index in [1.54, 1.807) is 6.07 Å². The molecule has 5 heteroatoms. The largest absolute Gasteiger partial charge is 0.387 e. The molecule has 1 fully saturated rings. The Morgan fingerprint density at radius 2 is 2.10 bits per heavy atom. The van der Waals surface area contributed by atoms with Gasteiger partial charge >= 0.3 is 0 Å². The van der Waals surface area contributed by atoms with Crippen LogP contribution in [0, 0.1) is 12.7 Å². The summed E-state index contributed by atoms with van der Waals surface area (Å²) in [5.74, 6) is -0.272. The molecule has 20 heavy (non-hydrogen) atoms. The molecule has 0 radical (unpaired) electrons. The molecule has 1 saturated heterocycles. The summed E-state index contributed by atoms with van der Waals surface area (Å²) in [6.07, 6.45) is -0.594. The number of benzene rings is 1. The van der Waals surface area contributed by atoms with Crippen molar-refractivity contribution < 1.29 is 9.50 Å². The van der Waals surface area contributed by atoms with Crippen LogP contribution in [0.3, 0.4) is 0 Å². The van der Waals surface area contributed by atoms with Crippen molar-refractivity contribution in [3.8, 4) is 0 Å². The van der Waals surface area contributed by atoms with Crippen LogP contribution < -0.4 is 5.32 Å². The van der Waals surface area contributed by atoms with E-state index >= 15 is 0 Å². The number of nitrogens with zero attached hydrogens (tertiary/aromatic N) is 1. The number of H-pyrrole nitrogens is 1. The quantitative estimate of drug-likeness (QED) is 0.798. The van der Waals surface area contributed by atoms with E-state index in [0.29, 0.717) is 12.1 Å². The number of para-hydroxylation sites is 1. The Hall–Kier alpha value is -1.43. The molecule has 0 saturated carbocycles. The van der Waals surface area contributed by atoms with E-state index in [4.69, 9.17) is 0 Å². The van der Waals surface area contributed by atoms with E-state index < -0.39 is 6.10 Å². The van der Waals surface area contributed by atoms with Crippen molar-refractivity contribution in [3.63, 3.8) is 0 Å². The maximum absolute atomic E-state index is 13.8. The van der Waals surface area contributed by atoms with E-state index in [2.05, 4.69) is 15.2 Å². The second-order valence-electron chi connectivity index (χ2n) is 5.39. The number of aliphatic hydroxyl groups is 1. The summed E-state index contributed by atoms with van der Waals surface area (Å²) in [5, 5.41) is 14.6. The van der Waals surface area contributed by atoms with Crippen LogP contribution in [-0.2, 0) is 0 Å². The number of piperazine rings is 1. The normalized spacial score (nSPS) is 18.6. The third-order valence-electron chi connectivity index (χ3n) is 3.99. The van der Waals surface area contributed by atoms with Gasteiger partial charge in [0.05, 0.1) is 11.6 Å². The van der Waals surface area contributed by atoms with E-state index in [1.165, 1.54) is 6.07 Å². The molecule has 3 rings (SSSR count). The lowest BCUT2D eigenvalue weighted by molar-refractivity contribution is 0.106. The Bertz CT molecular complexity index is 604. The summed E-state index contributed by atoms with van der Waals surface area (Å²) < 4.78 is 13.8. The standard InChI is InChI=1S/C15H20FN3O/c1-10-14(11-3-2-4-12(16)15(11)18-10)13(20)9-19-7-5-17-6-8-19/h2-4,13,17-18,20H,5-9H2,1H3. The first kappa shape index (κ1) is 13.5. The lowest BCUT2D eigenvalue weighted by atomic mass is 10.0. The first-order valence-corrected chi connectivity index (χ1v) is 7.04. The number of aromatic nitrogens is 1. The molecule has 1 aromatic carbocycles. The molecule has 1 unspecified atom stereocenters. The van der Waals surface area contributed by atoms with Gasteiger partial charge in [0.15, 0.2) is 0 Å². The van der Waals surface area contributed by atoms with Gasteiger partial charge < -0.3 is 15.4 Å². The average molecular weight is 277 g/mol. The molecule has 0 aliphatic carbocycles. The Labute approximate surface area is 117 Å². The van der Waals surface area contributed by atoms with Gasteiger partial charge in [-0.1, -0.05) is 12.1 Å². The molecule has 4 nitrogen and oxygen atoms in total. The summed E-state index contributed by atoms with van der Waals surface area (Å²) in [4.78, 5) is 5.28. The molecule has 1 aliphatic rings. The maximum Gasteiger partial charge on any atom is 0.147 e. The van der Waals surface area contributed by atoms with Crippen molar-refractivity contribution in [1.29, 1.82) is 0 Å². The molecule has 1 aliphatic heterocycles. The highest BCUT2D eigenvalue weighted by Gasteiger charge is 2.21. The molecule has 3 N–H and O–H groups in total. The lowest BCUT2D eigenvalue weighted by Gasteiger charge is -2.29. The van der Waals surface area contributed by atoms with Gasteiger partial charge in [-0.2, -0.15) is 0 Å². The van der Waals surface area contributed by atoms with E-state index in [0.717, 1.165) is 42.8 Å². The molecule has 2 heterocycles. The minimum Gasteiger partial charge on any atom is -0.387 e. The van der Waals surface area contributed by atoms with E-state index in [9.17, 15) is 9.50 Å². The van der Waals surface area contributed by atoms with Gasteiger partial charge in [-0.15, -0.1) is 0 Å². The van der Waals surface area contributed by atoms with E-state index in [-0.39, 0.29) is 5.82 Å². The van der Waals surface area contributed by atoms with Crippen LogP contribution in [0.2, 0.25) is 0 Å². The summed E-state index contributed by atoms with van der Waals surface area (Å²) in [5.41, 5.74) is 2.14. The number of fused-ring (bicyclic) bond motifs is 1. The third kappa shape index (κ3) is 2.44. The molecule has 1 aromatic heterocycles. The average Bonchev–Trinajstić information content (AvgIpc) is 2.78. The minimum absolute atomic E-state index is 0.272. The topological polar surface area (TPSA) is 51.3 Å². The Balaban J connectivity index is 1.88. The molecule has 0 spiro atoms. The number of hydrogen-bond acceptors (Lipinski definition) is 3. The second-order valence-corrected chi connectivity index (χ2v) is 5.39. The Kier molecular flexibility index (Phi) is 3.74. The fourth-order valence-electron chi connectivity index (χ4n) is 2.99. The van der Waals surface area contributed by atoms with Crippen molar-refractivity contribution in [1.82, 2.24) is 15.2 Å². The van der Waals surface area contributed by atoms with Crippen LogP contribution in [0.1, 0.15) is 17.4 Å². The molecular formula is C15H20FN3O. The lowest BCUT2D eigenvalue weighted by Crippen LogP contribution is -2.45. The van der Waals surface area contributed by atoms with Gasteiger partial charge in [-0.05, 0) is 13.0 Å². The first-order chi connectivity index (χ1) is 9.66. The molecule has 2 aromatic rings. The molecule has 1 atom stereocenters. The number of β-amino-alcohol motifs (C(OH)–C–C–N with tert-alkyl or cyclic N) is 1. The van der Waals surface area contributed by atoms with Gasteiger partial charge in [-0.25, -0.2) is 4.39 Å². The van der Waals surface area contributed by atoms with Gasteiger partial charge in [0.1, 0.15) is 5.82 Å².